The van der Waals surface area contributed by atoms with Crippen molar-refractivity contribution in [3.63, 3.8) is 0 Å². The van der Waals surface area contributed by atoms with Gasteiger partial charge in [-0.1, -0.05) is 39.5 Å². The van der Waals surface area contributed by atoms with Crippen molar-refractivity contribution in [2.75, 3.05) is 0 Å². The van der Waals surface area contributed by atoms with Crippen LogP contribution in [0.25, 0.3) is 0 Å². The summed E-state index contributed by atoms with van der Waals surface area (Å²) in [6.07, 6.45) is 5.62. The molecule has 0 aliphatic carbocycles. The van der Waals surface area contributed by atoms with Gasteiger partial charge >= 0.3 is 19.5 Å². The monoisotopic (exact) mass is 346 g/mol. The standard InChI is InChI=1S/C11H25O2PS2.Zn/c1-5-7-8-10(6-2)9-11(3,4)13-14(12,15)16;/h10H,5-9H2,1-4H3,(H2,12,15,16);/q;+2/p-2. The van der Waals surface area contributed by atoms with Gasteiger partial charge in [-0.2, -0.15) is 0 Å². The van der Waals surface area contributed by atoms with E-state index < -0.39 is 11.3 Å². The smallest absolute Gasteiger partial charge is 0.819 e. The first-order chi connectivity index (χ1) is 7.20. The van der Waals surface area contributed by atoms with E-state index in [0.29, 0.717) is 5.92 Å². The Hall–Kier alpha value is 1.54. The second-order valence-electron chi connectivity index (χ2n) is 4.92. The average Bonchev–Trinajstić information content (AvgIpc) is 2.07. The van der Waals surface area contributed by atoms with Gasteiger partial charge in [-0.15, -0.1) is 17.5 Å². The summed E-state index contributed by atoms with van der Waals surface area (Å²) < 4.78 is 5.32. The third kappa shape index (κ3) is 12.3. The van der Waals surface area contributed by atoms with Gasteiger partial charge in [-0.25, -0.2) is 0 Å². The Balaban J connectivity index is 0. The van der Waals surface area contributed by atoms with Gasteiger partial charge < -0.3 is 21.7 Å². The molecule has 0 amide bonds. The number of hydrogen-bond donors (Lipinski definition) is 0. The molecule has 0 aromatic rings. The predicted octanol–water partition coefficient (Wildman–Crippen LogP) is 3.52. The van der Waals surface area contributed by atoms with Crippen molar-refractivity contribution in [2.24, 2.45) is 5.92 Å². The first kappa shape index (κ1) is 20.9. The molecule has 98 valence electrons. The maximum atomic E-state index is 11.3. The zero-order valence-corrected chi connectivity index (χ0v) is 16.9. The zero-order valence-electron chi connectivity index (χ0n) is 11.4. The van der Waals surface area contributed by atoms with Crippen molar-refractivity contribution in [1.82, 2.24) is 0 Å². The van der Waals surface area contributed by atoms with E-state index in [-0.39, 0.29) is 19.5 Å². The molecule has 0 fully saturated rings. The van der Waals surface area contributed by atoms with Crippen LogP contribution in [0.4, 0.5) is 0 Å². The van der Waals surface area contributed by atoms with E-state index in [2.05, 4.69) is 37.9 Å². The fraction of sp³-hybridized carbons (Fsp3) is 1.00. The minimum Gasteiger partial charge on any atom is -0.819 e. The first-order valence-electron chi connectivity index (χ1n) is 5.93. The molecule has 0 saturated heterocycles. The summed E-state index contributed by atoms with van der Waals surface area (Å²) in [5.74, 6) is 0.603. The van der Waals surface area contributed by atoms with E-state index in [1.54, 1.807) is 0 Å². The second kappa shape index (κ2) is 9.45. The molecule has 6 heteroatoms. The summed E-state index contributed by atoms with van der Waals surface area (Å²) in [6, 6.07) is 0. The van der Waals surface area contributed by atoms with Gasteiger partial charge in [0.1, 0.15) is 0 Å². The van der Waals surface area contributed by atoms with Gasteiger partial charge in [0.25, 0.3) is 0 Å². The molecule has 0 saturated carbocycles. The van der Waals surface area contributed by atoms with E-state index >= 15 is 0 Å². The van der Waals surface area contributed by atoms with Gasteiger partial charge in [0.15, 0.2) is 0 Å². The van der Waals surface area contributed by atoms with Crippen LogP contribution in [0.3, 0.4) is 0 Å². The van der Waals surface area contributed by atoms with E-state index in [1.807, 2.05) is 13.8 Å². The molecule has 0 bridgehead atoms. The number of hydrogen-bond acceptors (Lipinski definition) is 4. The molecule has 17 heavy (non-hydrogen) atoms. The minimum absolute atomic E-state index is 0. The third-order valence-electron chi connectivity index (χ3n) is 2.68. The van der Waals surface area contributed by atoms with Crippen LogP contribution in [0, 0.1) is 5.92 Å². The fourth-order valence-electron chi connectivity index (χ4n) is 1.98. The molecule has 0 heterocycles. The molecule has 0 spiro atoms. The SMILES string of the molecule is CCCCC(CC)CC(C)(C)OP([O-])(=S)[S-].[Zn+2]. The second-order valence-corrected chi connectivity index (χ2v) is 9.57. The van der Waals surface area contributed by atoms with Gasteiger partial charge in [0.05, 0.1) is 5.60 Å². The zero-order chi connectivity index (χ0) is 12.8. The number of unbranched alkanes of at least 4 members (excludes halogenated alkanes) is 1. The first-order valence-corrected chi connectivity index (χ1v) is 9.58. The molecule has 0 rings (SSSR count). The Kier molecular flexibility index (Phi) is 11.6. The van der Waals surface area contributed by atoms with E-state index in [1.165, 1.54) is 19.3 Å². The molecule has 2 unspecified atom stereocenters. The van der Waals surface area contributed by atoms with E-state index in [0.717, 1.165) is 12.8 Å². The molecule has 0 N–H and O–H groups in total. The summed E-state index contributed by atoms with van der Waals surface area (Å²) in [5, 5.41) is 0. The largest absolute Gasteiger partial charge is 2.00 e. The molecule has 0 aliphatic heterocycles. The van der Waals surface area contributed by atoms with Crippen LogP contribution in [0.5, 0.6) is 0 Å². The maximum Gasteiger partial charge on any atom is 2.00 e. The third-order valence-corrected chi connectivity index (χ3v) is 3.85. The Labute approximate surface area is 129 Å². The summed E-state index contributed by atoms with van der Waals surface area (Å²) in [6.45, 7) is 8.21. The van der Waals surface area contributed by atoms with Crippen LogP contribution in [0.15, 0.2) is 0 Å². The van der Waals surface area contributed by atoms with Crippen molar-refractivity contribution in [3.8, 4) is 0 Å². The molecule has 0 radical (unpaired) electrons. The van der Waals surface area contributed by atoms with Crippen LogP contribution in [0.1, 0.15) is 59.8 Å². The van der Waals surface area contributed by atoms with Gasteiger partial charge in [0, 0.05) is 0 Å². The van der Waals surface area contributed by atoms with Crippen molar-refractivity contribution < 1.29 is 28.9 Å². The summed E-state index contributed by atoms with van der Waals surface area (Å²) in [7, 11) is 0. The molecule has 0 aliphatic rings. The molecule has 0 aromatic heterocycles. The van der Waals surface area contributed by atoms with Crippen molar-refractivity contribution in [1.29, 1.82) is 0 Å². The van der Waals surface area contributed by atoms with Crippen LogP contribution in [-0.4, -0.2) is 5.60 Å². The Bertz CT molecular complexity index is 244. The normalized spacial score (nSPS) is 17.1. The molecular weight excluding hydrogens is 325 g/mol. The Morgan fingerprint density at radius 1 is 1.41 bits per heavy atom. The summed E-state index contributed by atoms with van der Waals surface area (Å²) in [4.78, 5) is 11.3. The van der Waals surface area contributed by atoms with Gasteiger partial charge in [-0.3, -0.25) is 0 Å². The van der Waals surface area contributed by atoms with Crippen LogP contribution < -0.4 is 4.89 Å². The van der Waals surface area contributed by atoms with Gasteiger partial charge in [0.2, 0.25) is 0 Å². The molecule has 2 nitrogen and oxygen atoms in total. The maximum absolute atomic E-state index is 11.3. The minimum atomic E-state index is -3.21. The van der Waals surface area contributed by atoms with E-state index in [4.69, 9.17) is 4.52 Å². The average molecular weight is 348 g/mol. The van der Waals surface area contributed by atoms with Crippen molar-refractivity contribution in [2.45, 2.75) is 65.4 Å². The van der Waals surface area contributed by atoms with Crippen LogP contribution >= 0.6 is 5.69 Å². The summed E-state index contributed by atoms with van der Waals surface area (Å²) in [5.41, 5.74) is -3.68. The topological polar surface area (TPSA) is 32.3 Å². The quantitative estimate of drug-likeness (QED) is 0.382. The summed E-state index contributed by atoms with van der Waals surface area (Å²) >= 11 is 9.32. The molecule has 2 atom stereocenters. The number of rotatable bonds is 8. The van der Waals surface area contributed by atoms with Crippen molar-refractivity contribution >= 4 is 29.7 Å². The fourth-order valence-corrected chi connectivity index (χ4v) is 3.87. The van der Waals surface area contributed by atoms with Crippen LogP contribution in [-0.2, 0) is 48.1 Å². The Morgan fingerprint density at radius 3 is 2.29 bits per heavy atom. The van der Waals surface area contributed by atoms with Crippen molar-refractivity contribution in [3.05, 3.63) is 0 Å². The molecule has 0 aromatic carbocycles. The molecular formula is C11H23O2PS2Zn. The van der Waals surface area contributed by atoms with Gasteiger partial charge in [-0.05, 0) is 26.2 Å². The predicted molar refractivity (Wildman–Crippen MR) is 74.7 cm³/mol. The van der Waals surface area contributed by atoms with E-state index in [9.17, 15) is 4.89 Å². The van der Waals surface area contributed by atoms with Crippen LogP contribution in [0.2, 0.25) is 0 Å². The Morgan fingerprint density at radius 2 is 1.94 bits per heavy atom.